The fourth-order valence-electron chi connectivity index (χ4n) is 4.34. The van der Waals surface area contributed by atoms with E-state index in [0.29, 0.717) is 26.7 Å². The van der Waals surface area contributed by atoms with Crippen LogP contribution in [0.3, 0.4) is 0 Å². The zero-order valence-corrected chi connectivity index (χ0v) is 21.2. The lowest BCUT2D eigenvalue weighted by molar-refractivity contribution is -0.254. The van der Waals surface area contributed by atoms with E-state index < -0.39 is 45.0 Å². The van der Waals surface area contributed by atoms with Crippen LogP contribution in [0.25, 0.3) is 0 Å². The molecular formula is C25H25F3N3O5S-. The van der Waals surface area contributed by atoms with Crippen molar-refractivity contribution in [3.63, 3.8) is 0 Å². The zero-order valence-electron chi connectivity index (χ0n) is 20.4. The Labute approximate surface area is 212 Å². The minimum Gasteiger partial charge on any atom is -0.530 e. The molecule has 198 valence electrons. The van der Waals surface area contributed by atoms with Gasteiger partial charge in [-0.25, -0.2) is 8.42 Å². The van der Waals surface area contributed by atoms with Crippen LogP contribution in [-0.4, -0.2) is 38.9 Å². The molecule has 2 aromatic rings. The first-order valence-corrected chi connectivity index (χ1v) is 12.9. The fraction of sp³-hybridized carbons (Fsp3) is 0.440. The van der Waals surface area contributed by atoms with Crippen LogP contribution in [-0.2, 0) is 10.0 Å². The number of carbonyl (C=O) groups is 1. The van der Waals surface area contributed by atoms with Crippen molar-refractivity contribution in [3.05, 3.63) is 48.0 Å². The molecular weight excluding hydrogens is 511 g/mol. The number of carboxylic acid groups (broad SMARTS) is 1. The number of hydrogen-bond acceptors (Lipinski definition) is 6. The Morgan fingerprint density at radius 2 is 1.84 bits per heavy atom. The van der Waals surface area contributed by atoms with E-state index >= 15 is 0 Å². The zero-order chi connectivity index (χ0) is 27.4. The number of anilines is 2. The molecule has 0 radical (unpaired) electrons. The number of halogens is 3. The molecule has 0 bridgehead atoms. The number of carbonyl (C=O) groups excluding carboxylic acids is 1. The molecule has 1 heterocycles. The highest BCUT2D eigenvalue weighted by Gasteiger charge is 2.53. The van der Waals surface area contributed by atoms with E-state index in [0.717, 1.165) is 22.0 Å². The van der Waals surface area contributed by atoms with Gasteiger partial charge in [0.25, 0.3) is 10.0 Å². The van der Waals surface area contributed by atoms with E-state index in [9.17, 15) is 36.8 Å². The first-order valence-electron chi connectivity index (χ1n) is 11.5. The summed E-state index contributed by atoms with van der Waals surface area (Å²) in [4.78, 5) is 11.9. The number of sulfonamides is 1. The first kappa shape index (κ1) is 26.6. The van der Waals surface area contributed by atoms with Crippen molar-refractivity contribution in [2.75, 3.05) is 15.7 Å². The van der Waals surface area contributed by atoms with Gasteiger partial charge in [-0.1, -0.05) is 17.7 Å². The molecule has 12 heteroatoms. The molecule has 0 unspecified atom stereocenters. The van der Waals surface area contributed by atoms with Gasteiger partial charge >= 0.3 is 6.18 Å². The van der Waals surface area contributed by atoms with Gasteiger partial charge in [-0.2, -0.15) is 18.4 Å². The van der Waals surface area contributed by atoms with Crippen LogP contribution in [0.2, 0.25) is 0 Å². The molecule has 1 aliphatic heterocycles. The number of ether oxygens (including phenoxy) is 1. The predicted molar refractivity (Wildman–Crippen MR) is 126 cm³/mol. The molecule has 0 aromatic heterocycles. The molecule has 37 heavy (non-hydrogen) atoms. The predicted octanol–water partition coefficient (Wildman–Crippen LogP) is 4.14. The number of aryl methyl sites for hydroxylation is 1. The first-order chi connectivity index (χ1) is 17.1. The standard InChI is InChI=1S/C25H26F3N3O5S/c1-16-4-7-19(8-5-16)37(34,35)30-14-18(13-24(15-29)10-11-24)36-21-9-6-17(12-20(21)30)31(22(32)33)23(2,3)25(26,27)28/h4-9,12,18H,10-11,13-14H2,1-3H3,(H,32,33)/p-1/t18-/m1/s1. The lowest BCUT2D eigenvalue weighted by Gasteiger charge is -2.42. The van der Waals surface area contributed by atoms with Crippen molar-refractivity contribution >= 4 is 27.5 Å². The van der Waals surface area contributed by atoms with Crippen LogP contribution >= 0.6 is 0 Å². The average molecular weight is 537 g/mol. The molecule has 1 atom stereocenters. The van der Waals surface area contributed by atoms with E-state index in [1.165, 1.54) is 18.2 Å². The van der Waals surface area contributed by atoms with Gasteiger partial charge in [0.05, 0.1) is 28.6 Å². The summed E-state index contributed by atoms with van der Waals surface area (Å²) in [5.41, 5.74) is -3.19. The lowest BCUT2D eigenvalue weighted by Crippen LogP contribution is -2.60. The smallest absolute Gasteiger partial charge is 0.411 e. The third kappa shape index (κ3) is 4.80. The Kier molecular flexibility index (Phi) is 6.35. The van der Waals surface area contributed by atoms with Crippen molar-refractivity contribution in [3.8, 4) is 11.8 Å². The number of fused-ring (bicyclic) bond motifs is 1. The highest BCUT2D eigenvalue weighted by Crippen LogP contribution is 2.51. The monoisotopic (exact) mass is 536 g/mol. The number of nitriles is 1. The van der Waals surface area contributed by atoms with Gasteiger partial charge < -0.3 is 19.5 Å². The number of nitrogens with zero attached hydrogens (tertiary/aromatic N) is 3. The Bertz CT molecular complexity index is 1360. The molecule has 2 aromatic carbocycles. The summed E-state index contributed by atoms with van der Waals surface area (Å²) in [7, 11) is -4.23. The van der Waals surface area contributed by atoms with Gasteiger partial charge in [0, 0.05) is 12.1 Å². The number of alkyl halides is 3. The molecule has 8 nitrogen and oxygen atoms in total. The number of hydrogen-bond donors (Lipinski definition) is 0. The summed E-state index contributed by atoms with van der Waals surface area (Å²) < 4.78 is 75.6. The van der Waals surface area contributed by atoms with E-state index in [1.807, 2.05) is 0 Å². The minimum absolute atomic E-state index is 0.0465. The average Bonchev–Trinajstić information content (AvgIpc) is 3.57. The fourth-order valence-corrected chi connectivity index (χ4v) is 5.84. The molecule has 2 aliphatic rings. The van der Waals surface area contributed by atoms with Crippen LogP contribution in [0.5, 0.6) is 5.75 Å². The van der Waals surface area contributed by atoms with Crippen LogP contribution in [0.4, 0.5) is 29.3 Å². The molecule has 4 rings (SSSR count). The Hall–Kier alpha value is -3.46. The molecule has 0 saturated heterocycles. The summed E-state index contributed by atoms with van der Waals surface area (Å²) in [6.07, 6.45) is -6.15. The van der Waals surface area contributed by atoms with E-state index in [2.05, 4.69) is 6.07 Å². The van der Waals surface area contributed by atoms with Gasteiger partial charge in [-0.3, -0.25) is 4.31 Å². The highest BCUT2D eigenvalue weighted by molar-refractivity contribution is 7.92. The van der Waals surface area contributed by atoms with Gasteiger partial charge in [-0.15, -0.1) is 0 Å². The third-order valence-corrected chi connectivity index (χ3v) is 8.68. The third-order valence-electron chi connectivity index (χ3n) is 6.89. The molecule has 1 aliphatic carbocycles. The van der Waals surface area contributed by atoms with Gasteiger partial charge in [0.2, 0.25) is 0 Å². The van der Waals surface area contributed by atoms with Crippen molar-refractivity contribution in [2.24, 2.45) is 5.41 Å². The van der Waals surface area contributed by atoms with Crippen molar-refractivity contribution in [1.29, 1.82) is 5.26 Å². The van der Waals surface area contributed by atoms with Crippen molar-refractivity contribution in [2.45, 2.75) is 62.7 Å². The quantitative estimate of drug-likeness (QED) is 0.549. The second-order valence-electron chi connectivity index (χ2n) is 10.00. The lowest BCUT2D eigenvalue weighted by atomic mass is 9.99. The summed E-state index contributed by atoms with van der Waals surface area (Å²) in [6.45, 7) is 2.96. The van der Waals surface area contributed by atoms with Gasteiger partial charge in [0.1, 0.15) is 23.5 Å². The van der Waals surface area contributed by atoms with Gasteiger partial charge in [0.15, 0.2) is 0 Å². The summed E-state index contributed by atoms with van der Waals surface area (Å²) >= 11 is 0. The largest absolute Gasteiger partial charge is 0.530 e. The number of rotatable bonds is 6. The molecule has 0 spiro atoms. The summed E-state index contributed by atoms with van der Waals surface area (Å²) in [5, 5.41) is 21.4. The maximum atomic E-state index is 13.7. The topological polar surface area (TPSA) is 114 Å². The van der Waals surface area contributed by atoms with Crippen LogP contribution in [0, 0.1) is 23.7 Å². The van der Waals surface area contributed by atoms with E-state index in [1.54, 1.807) is 19.1 Å². The summed E-state index contributed by atoms with van der Waals surface area (Å²) in [5.74, 6) is 0.0486. The SMILES string of the molecule is Cc1ccc(S(=O)(=O)N2C[C@@H](CC3(C#N)CC3)Oc3ccc(N(C(=O)[O-])C(C)(C)C(F)(F)F)cc32)cc1. The maximum absolute atomic E-state index is 13.7. The molecule has 1 amide bonds. The minimum atomic E-state index is -4.95. The summed E-state index contributed by atoms with van der Waals surface area (Å²) in [6, 6.07) is 11.7. The second kappa shape index (κ2) is 8.83. The van der Waals surface area contributed by atoms with Crippen molar-refractivity contribution in [1.82, 2.24) is 0 Å². The van der Waals surface area contributed by atoms with Gasteiger partial charge in [-0.05, 0) is 63.9 Å². The second-order valence-corrected chi connectivity index (χ2v) is 11.9. The Morgan fingerprint density at radius 3 is 2.35 bits per heavy atom. The Morgan fingerprint density at radius 1 is 1.22 bits per heavy atom. The van der Waals surface area contributed by atoms with E-state index in [-0.39, 0.29) is 34.2 Å². The van der Waals surface area contributed by atoms with Crippen LogP contribution in [0.1, 0.15) is 38.7 Å². The molecule has 1 saturated carbocycles. The van der Waals surface area contributed by atoms with E-state index in [4.69, 9.17) is 4.74 Å². The molecule has 0 N–H and O–H groups in total. The number of benzene rings is 2. The van der Waals surface area contributed by atoms with Crippen LogP contribution < -0.4 is 19.0 Å². The normalized spacial score (nSPS) is 18.8. The molecule has 1 fully saturated rings. The highest BCUT2D eigenvalue weighted by atomic mass is 32.2. The number of amides is 1. The maximum Gasteiger partial charge on any atom is 0.411 e. The Balaban J connectivity index is 1.83. The van der Waals surface area contributed by atoms with Crippen LogP contribution in [0.15, 0.2) is 47.4 Å². The van der Waals surface area contributed by atoms with Crippen molar-refractivity contribution < 1.29 is 36.2 Å².